The molecule has 0 radical (unpaired) electrons. The van der Waals surface area contributed by atoms with Gasteiger partial charge in [-0.05, 0) is 37.8 Å². The van der Waals surface area contributed by atoms with Gasteiger partial charge in [0.15, 0.2) is 11.6 Å². The summed E-state index contributed by atoms with van der Waals surface area (Å²) in [6, 6.07) is 2.72. The predicted molar refractivity (Wildman–Crippen MR) is 66.6 cm³/mol. The van der Waals surface area contributed by atoms with E-state index >= 15 is 0 Å². The largest absolute Gasteiger partial charge is 0.321 e. The van der Waals surface area contributed by atoms with Gasteiger partial charge in [0.25, 0.3) is 0 Å². The number of halogens is 3. The van der Waals surface area contributed by atoms with E-state index in [0.29, 0.717) is 17.3 Å². The maximum Gasteiger partial charge on any atom is 0.184 e. The van der Waals surface area contributed by atoms with E-state index in [2.05, 4.69) is 4.98 Å². The van der Waals surface area contributed by atoms with Gasteiger partial charge in [-0.1, -0.05) is 0 Å². The van der Waals surface area contributed by atoms with Crippen molar-refractivity contribution in [2.24, 2.45) is 5.92 Å². The number of nitrogens with zero attached hydrogens (tertiary/aromatic N) is 2. The van der Waals surface area contributed by atoms with Crippen LogP contribution in [0, 0.1) is 17.6 Å². The topological polar surface area (TPSA) is 17.8 Å². The van der Waals surface area contributed by atoms with Crippen LogP contribution in [0.15, 0.2) is 12.1 Å². The fourth-order valence-corrected chi connectivity index (χ4v) is 2.68. The predicted octanol–water partition coefficient (Wildman–Crippen LogP) is 4.02. The third-order valence-corrected chi connectivity index (χ3v) is 3.89. The molecule has 2 aromatic rings. The molecule has 1 aliphatic carbocycles. The quantitative estimate of drug-likeness (QED) is 0.770. The van der Waals surface area contributed by atoms with Gasteiger partial charge in [0, 0.05) is 6.04 Å². The highest BCUT2D eigenvalue weighted by molar-refractivity contribution is 6.16. The standard InChI is InChI=1S/C13H13ClF2N2/c1-7(8-2-3-8)18-11(6-14)17-10-5-4-9(15)12(16)13(10)18/h4-5,7-8H,2-3,6H2,1H3. The Kier molecular flexibility index (Phi) is 2.77. The zero-order valence-corrected chi connectivity index (χ0v) is 10.7. The van der Waals surface area contributed by atoms with Crippen molar-refractivity contribution >= 4 is 22.6 Å². The van der Waals surface area contributed by atoms with Crippen LogP contribution in [0.1, 0.15) is 31.6 Å². The van der Waals surface area contributed by atoms with Crippen LogP contribution >= 0.6 is 11.6 Å². The first-order valence-corrected chi connectivity index (χ1v) is 6.57. The lowest BCUT2D eigenvalue weighted by Crippen LogP contribution is -2.11. The molecular weight excluding hydrogens is 258 g/mol. The van der Waals surface area contributed by atoms with Gasteiger partial charge in [-0.15, -0.1) is 11.6 Å². The molecule has 1 atom stereocenters. The SMILES string of the molecule is CC(C1CC1)n1c(CCl)nc2ccc(F)c(F)c21. The average molecular weight is 271 g/mol. The Balaban J connectivity index is 2.28. The summed E-state index contributed by atoms with van der Waals surface area (Å²) in [4.78, 5) is 4.29. The van der Waals surface area contributed by atoms with Gasteiger partial charge in [-0.2, -0.15) is 0 Å². The van der Waals surface area contributed by atoms with Gasteiger partial charge >= 0.3 is 0 Å². The second-order valence-electron chi connectivity index (χ2n) is 4.84. The van der Waals surface area contributed by atoms with E-state index in [0.717, 1.165) is 18.9 Å². The first kappa shape index (κ1) is 11.9. The van der Waals surface area contributed by atoms with Gasteiger partial charge in [-0.25, -0.2) is 13.8 Å². The normalized spacial score (nSPS) is 17.3. The number of aromatic nitrogens is 2. The minimum atomic E-state index is -0.840. The van der Waals surface area contributed by atoms with E-state index in [1.165, 1.54) is 6.07 Å². The van der Waals surface area contributed by atoms with Crippen molar-refractivity contribution < 1.29 is 8.78 Å². The number of hydrogen-bond donors (Lipinski definition) is 0. The fraction of sp³-hybridized carbons (Fsp3) is 0.462. The Labute approximate surface area is 109 Å². The molecule has 1 aliphatic rings. The lowest BCUT2D eigenvalue weighted by atomic mass is 10.2. The lowest BCUT2D eigenvalue weighted by molar-refractivity contribution is 0.468. The summed E-state index contributed by atoms with van der Waals surface area (Å²) in [6.07, 6.45) is 2.25. The molecule has 2 nitrogen and oxygen atoms in total. The number of fused-ring (bicyclic) bond motifs is 1. The number of benzene rings is 1. The van der Waals surface area contributed by atoms with Crippen LogP contribution in [0.4, 0.5) is 8.78 Å². The van der Waals surface area contributed by atoms with Crippen molar-refractivity contribution in [1.82, 2.24) is 9.55 Å². The minimum absolute atomic E-state index is 0.111. The van der Waals surface area contributed by atoms with Crippen molar-refractivity contribution in [3.63, 3.8) is 0 Å². The van der Waals surface area contributed by atoms with Crippen LogP contribution in [0.5, 0.6) is 0 Å². The molecule has 0 spiro atoms. The molecule has 0 N–H and O–H groups in total. The minimum Gasteiger partial charge on any atom is -0.321 e. The van der Waals surface area contributed by atoms with Crippen molar-refractivity contribution in [2.75, 3.05) is 0 Å². The van der Waals surface area contributed by atoms with Crippen molar-refractivity contribution in [3.8, 4) is 0 Å². The van der Waals surface area contributed by atoms with Crippen LogP contribution in [-0.4, -0.2) is 9.55 Å². The molecule has 1 aromatic heterocycles. The Morgan fingerprint density at radius 2 is 2.17 bits per heavy atom. The molecular formula is C13H13ClF2N2. The summed E-state index contributed by atoms with van der Waals surface area (Å²) in [5.41, 5.74) is 0.710. The fourth-order valence-electron chi connectivity index (χ4n) is 2.49. The van der Waals surface area contributed by atoms with Gasteiger partial charge in [-0.3, -0.25) is 0 Å². The van der Waals surface area contributed by atoms with Crippen LogP contribution in [0.3, 0.4) is 0 Å². The van der Waals surface area contributed by atoms with Crippen LogP contribution in [-0.2, 0) is 5.88 Å². The van der Waals surface area contributed by atoms with E-state index in [4.69, 9.17) is 11.6 Å². The first-order valence-electron chi connectivity index (χ1n) is 6.04. The zero-order valence-electron chi connectivity index (χ0n) is 9.96. The van der Waals surface area contributed by atoms with Crippen molar-refractivity contribution in [3.05, 3.63) is 29.6 Å². The highest BCUT2D eigenvalue weighted by atomic mass is 35.5. The maximum absolute atomic E-state index is 14.0. The molecule has 1 saturated carbocycles. The molecule has 5 heteroatoms. The molecule has 1 heterocycles. The number of rotatable bonds is 3. The number of alkyl halides is 1. The van der Waals surface area contributed by atoms with Gasteiger partial charge in [0.2, 0.25) is 0 Å². The van der Waals surface area contributed by atoms with Crippen LogP contribution < -0.4 is 0 Å². The third-order valence-electron chi connectivity index (χ3n) is 3.65. The summed E-state index contributed by atoms with van der Waals surface area (Å²) in [5.74, 6) is -0.341. The summed E-state index contributed by atoms with van der Waals surface area (Å²) in [7, 11) is 0. The number of hydrogen-bond acceptors (Lipinski definition) is 1. The van der Waals surface area contributed by atoms with E-state index in [1.54, 1.807) is 4.57 Å². The Morgan fingerprint density at radius 1 is 1.44 bits per heavy atom. The van der Waals surface area contributed by atoms with Crippen molar-refractivity contribution in [2.45, 2.75) is 31.7 Å². The van der Waals surface area contributed by atoms with Gasteiger partial charge in [0.05, 0.1) is 11.4 Å². The summed E-state index contributed by atoms with van der Waals surface area (Å²) in [6.45, 7) is 2.01. The molecule has 1 unspecified atom stereocenters. The van der Waals surface area contributed by atoms with Gasteiger partial charge in [0.1, 0.15) is 11.3 Å². The lowest BCUT2D eigenvalue weighted by Gasteiger charge is -2.16. The van der Waals surface area contributed by atoms with E-state index < -0.39 is 11.6 Å². The van der Waals surface area contributed by atoms with Gasteiger partial charge < -0.3 is 4.57 Å². The van der Waals surface area contributed by atoms with Crippen LogP contribution in [0.25, 0.3) is 11.0 Å². The summed E-state index contributed by atoms with van der Waals surface area (Å²) >= 11 is 5.87. The first-order chi connectivity index (χ1) is 8.63. The molecule has 18 heavy (non-hydrogen) atoms. The highest BCUT2D eigenvalue weighted by Gasteiger charge is 2.32. The summed E-state index contributed by atoms with van der Waals surface area (Å²) in [5, 5.41) is 0. The molecule has 3 rings (SSSR count). The van der Waals surface area contributed by atoms with Crippen molar-refractivity contribution in [1.29, 1.82) is 0 Å². The molecule has 1 aromatic carbocycles. The second-order valence-corrected chi connectivity index (χ2v) is 5.11. The Bertz CT molecular complexity index is 605. The maximum atomic E-state index is 14.0. The smallest absolute Gasteiger partial charge is 0.184 e. The van der Waals surface area contributed by atoms with E-state index in [1.807, 2.05) is 6.92 Å². The Morgan fingerprint density at radius 3 is 2.78 bits per heavy atom. The zero-order chi connectivity index (χ0) is 12.9. The molecule has 0 amide bonds. The molecule has 0 aliphatic heterocycles. The summed E-state index contributed by atoms with van der Waals surface area (Å²) < 4.78 is 29.1. The second kappa shape index (κ2) is 4.19. The molecule has 0 saturated heterocycles. The molecule has 0 bridgehead atoms. The van der Waals surface area contributed by atoms with E-state index in [-0.39, 0.29) is 17.4 Å². The van der Waals surface area contributed by atoms with E-state index in [9.17, 15) is 8.78 Å². The highest BCUT2D eigenvalue weighted by Crippen LogP contribution is 2.41. The molecule has 1 fully saturated rings. The average Bonchev–Trinajstić information content (AvgIpc) is 3.13. The molecule has 96 valence electrons. The number of imidazole rings is 1. The van der Waals surface area contributed by atoms with Crippen LogP contribution in [0.2, 0.25) is 0 Å². The third kappa shape index (κ3) is 1.70. The monoisotopic (exact) mass is 270 g/mol. The Hall–Kier alpha value is -1.16.